The molecule has 2 aromatic heterocycles. The zero-order valence-corrected chi connectivity index (χ0v) is 15.4. The highest BCUT2D eigenvalue weighted by Crippen LogP contribution is 2.50. The van der Waals surface area contributed by atoms with Crippen molar-refractivity contribution in [2.45, 2.75) is 20.0 Å². The number of hydrogen-bond acceptors (Lipinski definition) is 4. The number of hydrogen-bond donors (Lipinski definition) is 0. The molecule has 132 valence electrons. The Morgan fingerprint density at radius 1 is 1.11 bits per heavy atom. The first-order valence-electron chi connectivity index (χ1n) is 8.90. The molecule has 5 nitrogen and oxygen atoms in total. The quantitative estimate of drug-likeness (QED) is 0.406. The zero-order valence-electron chi connectivity index (χ0n) is 15.4. The van der Waals surface area contributed by atoms with E-state index < -0.39 is 0 Å². The Bertz CT molecular complexity index is 1250. The van der Waals surface area contributed by atoms with Crippen molar-refractivity contribution in [2.24, 2.45) is 0 Å². The van der Waals surface area contributed by atoms with Crippen molar-refractivity contribution in [3.05, 3.63) is 65.6 Å². The van der Waals surface area contributed by atoms with E-state index in [1.807, 2.05) is 24.3 Å². The van der Waals surface area contributed by atoms with E-state index in [0.717, 1.165) is 39.0 Å². The number of fused-ring (bicyclic) bond motifs is 4. The number of rotatable bonds is 1. The number of benzene rings is 2. The van der Waals surface area contributed by atoms with Gasteiger partial charge in [0.2, 0.25) is 11.4 Å². The summed E-state index contributed by atoms with van der Waals surface area (Å²) in [5.74, 6) is 0. The Hall–Kier alpha value is -3.52. The van der Waals surface area contributed by atoms with Crippen LogP contribution in [-0.4, -0.2) is 18.2 Å². The van der Waals surface area contributed by atoms with Crippen molar-refractivity contribution >= 4 is 44.8 Å². The molecular formula is C22H18N4O. The minimum atomic E-state index is 0.0987. The van der Waals surface area contributed by atoms with Crippen LogP contribution in [0.25, 0.3) is 26.9 Å². The van der Waals surface area contributed by atoms with Gasteiger partial charge < -0.3 is 14.2 Å². The number of anilines is 3. The largest absolute Gasteiger partial charge is 0.438 e. The van der Waals surface area contributed by atoms with Gasteiger partial charge in [-0.2, -0.15) is 0 Å². The highest BCUT2D eigenvalue weighted by molar-refractivity contribution is 6.06. The summed E-state index contributed by atoms with van der Waals surface area (Å²) in [7, 11) is 2.07. The highest BCUT2D eigenvalue weighted by Gasteiger charge is 2.34. The number of pyridine rings is 1. The maximum Gasteiger partial charge on any atom is 0.227 e. The minimum Gasteiger partial charge on any atom is -0.438 e. The molecule has 0 radical (unpaired) electrons. The van der Waals surface area contributed by atoms with Crippen molar-refractivity contribution in [3.8, 4) is 0 Å². The van der Waals surface area contributed by atoms with Gasteiger partial charge in [0.15, 0.2) is 0 Å². The van der Waals surface area contributed by atoms with Crippen LogP contribution in [0.5, 0.6) is 0 Å². The van der Waals surface area contributed by atoms with Crippen LogP contribution >= 0.6 is 0 Å². The van der Waals surface area contributed by atoms with Crippen molar-refractivity contribution in [3.63, 3.8) is 0 Å². The molecular weight excluding hydrogens is 336 g/mol. The predicted octanol–water partition coefficient (Wildman–Crippen LogP) is 5.77. The fourth-order valence-corrected chi connectivity index (χ4v) is 4.04. The Morgan fingerprint density at radius 3 is 2.78 bits per heavy atom. The first-order chi connectivity index (χ1) is 13.1. The van der Waals surface area contributed by atoms with E-state index in [0.29, 0.717) is 11.4 Å². The lowest BCUT2D eigenvalue weighted by atomic mass is 10.1. The molecule has 1 aliphatic heterocycles. The molecule has 0 aliphatic carbocycles. The van der Waals surface area contributed by atoms with Crippen LogP contribution in [0, 0.1) is 13.5 Å². The molecule has 5 rings (SSSR count). The van der Waals surface area contributed by atoms with E-state index in [1.54, 1.807) is 6.20 Å². The minimum absolute atomic E-state index is 0.0987. The molecule has 0 saturated heterocycles. The summed E-state index contributed by atoms with van der Waals surface area (Å²) in [6.45, 7) is 11.9. The third-order valence-electron chi connectivity index (χ3n) is 5.49. The third kappa shape index (κ3) is 2.07. The summed E-state index contributed by atoms with van der Waals surface area (Å²) >= 11 is 0. The van der Waals surface area contributed by atoms with E-state index in [1.165, 1.54) is 0 Å². The zero-order chi connectivity index (χ0) is 18.7. The molecule has 0 amide bonds. The molecule has 5 heteroatoms. The topological polar surface area (TPSA) is 36.9 Å². The van der Waals surface area contributed by atoms with Crippen molar-refractivity contribution in [1.29, 1.82) is 0 Å². The van der Waals surface area contributed by atoms with Crippen LogP contribution in [0.15, 0.2) is 53.1 Å². The third-order valence-corrected chi connectivity index (χ3v) is 5.49. The molecule has 0 spiro atoms. The van der Waals surface area contributed by atoms with Gasteiger partial charge in [0.05, 0.1) is 17.9 Å². The van der Waals surface area contributed by atoms with Gasteiger partial charge in [0.1, 0.15) is 11.7 Å². The summed E-state index contributed by atoms with van der Waals surface area (Å²) in [6, 6.07) is 14.1. The molecule has 0 saturated carbocycles. The van der Waals surface area contributed by atoms with Crippen LogP contribution in [0.4, 0.5) is 22.7 Å². The molecule has 0 bridgehead atoms. The normalized spacial score (nSPS) is 16.1. The second-order valence-corrected chi connectivity index (χ2v) is 6.96. The van der Waals surface area contributed by atoms with Gasteiger partial charge in [0.25, 0.3) is 0 Å². The number of aromatic nitrogens is 1. The second kappa shape index (κ2) is 5.49. The number of aryl methyl sites for hydroxylation is 1. The standard InChI is InChI=1S/C22H18N4O/c1-13-11-16-15-7-6-10-24-22(15)27-20(16)12-19(13)26-14(2)25(4)18-9-5-8-17(23-3)21(18)26/h5-12,14H,1-2,4H3/t14-/m0/s1. The van der Waals surface area contributed by atoms with E-state index >= 15 is 0 Å². The maximum absolute atomic E-state index is 7.61. The second-order valence-electron chi connectivity index (χ2n) is 6.96. The summed E-state index contributed by atoms with van der Waals surface area (Å²) in [6.07, 6.45) is 1.84. The van der Waals surface area contributed by atoms with Gasteiger partial charge in [-0.15, -0.1) is 0 Å². The lowest BCUT2D eigenvalue weighted by Crippen LogP contribution is -2.35. The Labute approximate surface area is 157 Å². The van der Waals surface area contributed by atoms with Gasteiger partial charge in [-0.1, -0.05) is 12.1 Å². The Morgan fingerprint density at radius 2 is 1.96 bits per heavy atom. The lowest BCUT2D eigenvalue weighted by Gasteiger charge is -2.29. The van der Waals surface area contributed by atoms with Crippen molar-refractivity contribution < 1.29 is 4.42 Å². The summed E-state index contributed by atoms with van der Waals surface area (Å²) < 4.78 is 6.00. The van der Waals surface area contributed by atoms with Crippen LogP contribution < -0.4 is 9.80 Å². The molecule has 3 heterocycles. The molecule has 0 N–H and O–H groups in total. The van der Waals surface area contributed by atoms with Gasteiger partial charge in [-0.25, -0.2) is 9.83 Å². The lowest BCUT2D eigenvalue weighted by molar-refractivity contribution is 0.653. The smallest absolute Gasteiger partial charge is 0.227 e. The van der Waals surface area contributed by atoms with Crippen LogP contribution in [0.2, 0.25) is 0 Å². The van der Waals surface area contributed by atoms with Crippen LogP contribution in [0.3, 0.4) is 0 Å². The number of para-hydroxylation sites is 1. The molecule has 4 aromatic rings. The van der Waals surface area contributed by atoms with Gasteiger partial charge in [0, 0.05) is 35.8 Å². The summed E-state index contributed by atoms with van der Waals surface area (Å²) in [5, 5.41) is 2.09. The van der Waals surface area contributed by atoms with Crippen molar-refractivity contribution in [1.82, 2.24) is 4.98 Å². The molecule has 0 fully saturated rings. The number of nitrogens with zero attached hydrogens (tertiary/aromatic N) is 4. The Balaban J connectivity index is 1.78. The average Bonchev–Trinajstić information content (AvgIpc) is 3.16. The highest BCUT2D eigenvalue weighted by atomic mass is 16.3. The molecule has 1 aliphatic rings. The first kappa shape index (κ1) is 15.7. The van der Waals surface area contributed by atoms with Gasteiger partial charge in [-0.05, 0) is 43.7 Å². The molecule has 1 atom stereocenters. The fraction of sp³-hybridized carbons (Fsp3) is 0.182. The van der Waals surface area contributed by atoms with Crippen LogP contribution in [-0.2, 0) is 0 Å². The molecule has 27 heavy (non-hydrogen) atoms. The molecule has 2 aromatic carbocycles. The Kier molecular flexibility index (Phi) is 3.19. The van der Waals surface area contributed by atoms with E-state index in [4.69, 9.17) is 11.0 Å². The maximum atomic E-state index is 7.61. The number of furan rings is 1. The fourth-order valence-electron chi connectivity index (χ4n) is 4.04. The average molecular weight is 354 g/mol. The monoisotopic (exact) mass is 354 g/mol. The van der Waals surface area contributed by atoms with Crippen molar-refractivity contribution in [2.75, 3.05) is 16.8 Å². The predicted molar refractivity (Wildman–Crippen MR) is 109 cm³/mol. The van der Waals surface area contributed by atoms with E-state index in [9.17, 15) is 0 Å². The summed E-state index contributed by atoms with van der Waals surface area (Å²) in [4.78, 5) is 12.5. The van der Waals surface area contributed by atoms with Gasteiger partial charge >= 0.3 is 0 Å². The van der Waals surface area contributed by atoms with Gasteiger partial charge in [-0.3, -0.25) is 0 Å². The summed E-state index contributed by atoms with van der Waals surface area (Å²) in [5.41, 5.74) is 6.35. The van der Waals surface area contributed by atoms with E-state index in [2.05, 4.69) is 58.7 Å². The SMILES string of the molecule is [C-]#[N+]c1cccc2c1N(c1cc3oc4ncccc4c3cc1C)[C@@H](C)N2C. The van der Waals surface area contributed by atoms with E-state index in [-0.39, 0.29) is 6.17 Å². The molecule has 0 unspecified atom stereocenters. The first-order valence-corrected chi connectivity index (χ1v) is 8.90. The van der Waals surface area contributed by atoms with Crippen LogP contribution in [0.1, 0.15) is 12.5 Å².